The van der Waals surface area contributed by atoms with E-state index in [2.05, 4.69) is 10.3 Å². The summed E-state index contributed by atoms with van der Waals surface area (Å²) in [7, 11) is 3.72. The molecule has 0 aromatic carbocycles. The molecule has 1 aromatic heterocycles. The summed E-state index contributed by atoms with van der Waals surface area (Å²) in [5.74, 6) is 0.524. The van der Waals surface area contributed by atoms with Crippen molar-refractivity contribution in [2.75, 3.05) is 25.6 Å². The number of amides is 1. The largest absolute Gasteiger partial charge is 0.394 e. The number of nitrogens with one attached hydrogen (secondary N) is 1. The lowest BCUT2D eigenvalue weighted by atomic mass is 10.2. The van der Waals surface area contributed by atoms with Crippen molar-refractivity contribution in [1.29, 1.82) is 0 Å². The van der Waals surface area contributed by atoms with Gasteiger partial charge in [0.2, 0.25) is 0 Å². The quantitative estimate of drug-likeness (QED) is 0.768. The molecule has 1 aromatic rings. The molecule has 0 spiro atoms. The molecule has 0 aliphatic heterocycles. The van der Waals surface area contributed by atoms with Gasteiger partial charge in [-0.2, -0.15) is 0 Å². The van der Waals surface area contributed by atoms with Crippen LogP contribution in [0.2, 0.25) is 0 Å². The lowest BCUT2D eigenvalue weighted by molar-refractivity contribution is 0.0922. The fourth-order valence-corrected chi connectivity index (χ4v) is 1.16. The Bertz CT molecular complexity index is 366. The van der Waals surface area contributed by atoms with Crippen LogP contribution in [0.15, 0.2) is 18.3 Å². The summed E-state index contributed by atoms with van der Waals surface area (Å²) >= 11 is 0. The van der Waals surface area contributed by atoms with Crippen LogP contribution in [-0.4, -0.2) is 42.7 Å². The third-order valence-electron chi connectivity index (χ3n) is 2.12. The second kappa shape index (κ2) is 5.46. The van der Waals surface area contributed by atoms with Crippen molar-refractivity contribution in [3.05, 3.63) is 23.9 Å². The van der Waals surface area contributed by atoms with Gasteiger partial charge in [-0.05, 0) is 19.1 Å². The molecule has 1 unspecified atom stereocenters. The molecule has 1 heterocycles. The number of rotatable bonds is 4. The molecule has 5 heteroatoms. The van der Waals surface area contributed by atoms with Crippen molar-refractivity contribution in [3.8, 4) is 0 Å². The average Bonchev–Trinajstić information content (AvgIpc) is 2.28. The summed E-state index contributed by atoms with van der Waals surface area (Å²) < 4.78 is 0. The topological polar surface area (TPSA) is 65.5 Å². The van der Waals surface area contributed by atoms with Crippen LogP contribution in [0.25, 0.3) is 0 Å². The van der Waals surface area contributed by atoms with Crippen molar-refractivity contribution < 1.29 is 9.90 Å². The van der Waals surface area contributed by atoms with E-state index in [1.54, 1.807) is 25.3 Å². The molecule has 0 bridgehead atoms. The lowest BCUT2D eigenvalue weighted by Crippen LogP contribution is -2.35. The maximum Gasteiger partial charge on any atom is 0.251 e. The van der Waals surface area contributed by atoms with Crippen molar-refractivity contribution in [1.82, 2.24) is 10.3 Å². The molecule has 0 saturated carbocycles. The van der Waals surface area contributed by atoms with Gasteiger partial charge in [-0.3, -0.25) is 4.79 Å². The van der Waals surface area contributed by atoms with Crippen LogP contribution < -0.4 is 10.2 Å². The van der Waals surface area contributed by atoms with E-state index < -0.39 is 0 Å². The van der Waals surface area contributed by atoms with Crippen molar-refractivity contribution >= 4 is 11.7 Å². The molecule has 0 fully saturated rings. The smallest absolute Gasteiger partial charge is 0.251 e. The van der Waals surface area contributed by atoms with Gasteiger partial charge < -0.3 is 15.3 Å². The van der Waals surface area contributed by atoms with Crippen LogP contribution in [0, 0.1) is 0 Å². The van der Waals surface area contributed by atoms with Crippen LogP contribution in [0.4, 0.5) is 5.82 Å². The first-order valence-electron chi connectivity index (χ1n) is 5.09. The molecule has 2 N–H and O–H groups in total. The number of hydrogen-bond donors (Lipinski definition) is 2. The van der Waals surface area contributed by atoms with Crippen LogP contribution in [0.3, 0.4) is 0 Å². The molecular weight excluding hydrogens is 206 g/mol. The Labute approximate surface area is 95.1 Å². The molecule has 88 valence electrons. The molecule has 0 saturated heterocycles. The number of pyridine rings is 1. The van der Waals surface area contributed by atoms with E-state index in [4.69, 9.17) is 5.11 Å². The zero-order valence-electron chi connectivity index (χ0n) is 9.77. The summed E-state index contributed by atoms with van der Waals surface area (Å²) in [6, 6.07) is 3.11. The van der Waals surface area contributed by atoms with Gasteiger partial charge >= 0.3 is 0 Å². The molecule has 1 atom stereocenters. The number of nitrogens with zero attached hydrogens (tertiary/aromatic N) is 2. The Morgan fingerprint density at radius 3 is 2.88 bits per heavy atom. The second-order valence-electron chi connectivity index (χ2n) is 3.85. The van der Waals surface area contributed by atoms with Crippen LogP contribution in [-0.2, 0) is 0 Å². The first-order valence-corrected chi connectivity index (χ1v) is 5.09. The molecule has 0 aliphatic rings. The Balaban J connectivity index is 2.79. The van der Waals surface area contributed by atoms with Gasteiger partial charge in [0.15, 0.2) is 0 Å². The minimum atomic E-state index is -0.247. The van der Waals surface area contributed by atoms with Gasteiger partial charge in [0.25, 0.3) is 5.91 Å². The molecule has 0 aliphatic carbocycles. The normalized spacial score (nSPS) is 12.0. The minimum Gasteiger partial charge on any atom is -0.394 e. The van der Waals surface area contributed by atoms with Gasteiger partial charge in [-0.15, -0.1) is 0 Å². The van der Waals surface area contributed by atoms with Gasteiger partial charge in [0, 0.05) is 31.9 Å². The highest BCUT2D eigenvalue weighted by Gasteiger charge is 2.10. The van der Waals surface area contributed by atoms with E-state index >= 15 is 0 Å². The number of aromatic nitrogens is 1. The average molecular weight is 223 g/mol. The molecule has 5 nitrogen and oxygen atoms in total. The van der Waals surface area contributed by atoms with E-state index in [-0.39, 0.29) is 18.6 Å². The number of anilines is 1. The van der Waals surface area contributed by atoms with E-state index in [1.807, 2.05) is 19.0 Å². The number of carbonyl (C=O) groups excluding carboxylic acids is 1. The van der Waals surface area contributed by atoms with Crippen LogP contribution in [0.5, 0.6) is 0 Å². The Morgan fingerprint density at radius 1 is 1.62 bits per heavy atom. The Kier molecular flexibility index (Phi) is 4.25. The highest BCUT2D eigenvalue weighted by molar-refractivity contribution is 5.94. The van der Waals surface area contributed by atoms with E-state index in [0.717, 1.165) is 5.82 Å². The predicted octanol–water partition coefficient (Wildman–Crippen LogP) is 0.258. The zero-order chi connectivity index (χ0) is 12.1. The third-order valence-corrected chi connectivity index (χ3v) is 2.12. The predicted molar refractivity (Wildman–Crippen MR) is 62.6 cm³/mol. The van der Waals surface area contributed by atoms with E-state index in [1.165, 1.54) is 0 Å². The summed E-state index contributed by atoms with van der Waals surface area (Å²) in [6.07, 6.45) is 1.59. The molecule has 16 heavy (non-hydrogen) atoms. The number of aliphatic hydroxyl groups is 1. The van der Waals surface area contributed by atoms with Gasteiger partial charge in [0.05, 0.1) is 6.61 Å². The maximum absolute atomic E-state index is 11.7. The van der Waals surface area contributed by atoms with Crippen molar-refractivity contribution in [3.63, 3.8) is 0 Å². The molecule has 1 rings (SSSR count). The van der Waals surface area contributed by atoms with E-state index in [9.17, 15) is 4.79 Å². The van der Waals surface area contributed by atoms with Crippen molar-refractivity contribution in [2.45, 2.75) is 13.0 Å². The molecule has 1 amide bonds. The summed E-state index contributed by atoms with van der Waals surface area (Å²) in [5, 5.41) is 11.5. The number of hydrogen-bond acceptors (Lipinski definition) is 4. The fourth-order valence-electron chi connectivity index (χ4n) is 1.16. The zero-order valence-corrected chi connectivity index (χ0v) is 9.77. The van der Waals surface area contributed by atoms with E-state index in [0.29, 0.717) is 5.56 Å². The highest BCUT2D eigenvalue weighted by atomic mass is 16.3. The first-order chi connectivity index (χ1) is 7.54. The Hall–Kier alpha value is -1.62. The molecule has 0 radical (unpaired) electrons. The monoisotopic (exact) mass is 223 g/mol. The van der Waals surface area contributed by atoms with Gasteiger partial charge in [-0.1, -0.05) is 0 Å². The van der Waals surface area contributed by atoms with Crippen molar-refractivity contribution in [2.24, 2.45) is 0 Å². The first kappa shape index (κ1) is 12.4. The van der Waals surface area contributed by atoms with Gasteiger partial charge in [-0.25, -0.2) is 4.98 Å². The number of carbonyl (C=O) groups is 1. The Morgan fingerprint density at radius 2 is 2.31 bits per heavy atom. The van der Waals surface area contributed by atoms with Crippen LogP contribution in [0.1, 0.15) is 17.3 Å². The highest BCUT2D eigenvalue weighted by Crippen LogP contribution is 2.09. The standard InChI is InChI=1S/C11H17N3O2/c1-8(7-15)13-11(16)9-4-5-12-10(6-9)14(2)3/h4-6,8,15H,7H2,1-3H3,(H,13,16). The fraction of sp³-hybridized carbons (Fsp3) is 0.455. The minimum absolute atomic E-state index is 0.0721. The maximum atomic E-state index is 11.7. The SMILES string of the molecule is CC(CO)NC(=O)c1ccnc(N(C)C)c1. The lowest BCUT2D eigenvalue weighted by Gasteiger charge is -2.13. The number of aliphatic hydroxyl groups excluding tert-OH is 1. The van der Waals surface area contributed by atoms with Crippen LogP contribution >= 0.6 is 0 Å². The molecular formula is C11H17N3O2. The summed E-state index contributed by atoms with van der Waals surface area (Å²) in [5.41, 5.74) is 0.541. The summed E-state index contributed by atoms with van der Waals surface area (Å²) in [4.78, 5) is 17.7. The van der Waals surface area contributed by atoms with Gasteiger partial charge in [0.1, 0.15) is 5.82 Å². The summed E-state index contributed by atoms with van der Waals surface area (Å²) in [6.45, 7) is 1.67. The third kappa shape index (κ3) is 3.20. The second-order valence-corrected chi connectivity index (χ2v) is 3.85.